The van der Waals surface area contributed by atoms with Gasteiger partial charge in [0.15, 0.2) is 0 Å². The summed E-state index contributed by atoms with van der Waals surface area (Å²) < 4.78 is 13.7. The average Bonchev–Trinajstić information content (AvgIpc) is 2.09. The molecule has 1 rings (SSSR count). The molecule has 0 heterocycles. The molecule has 2 N–H and O–H groups in total. The van der Waals surface area contributed by atoms with Gasteiger partial charge in [0.25, 0.3) is 0 Å². The molecule has 0 atom stereocenters. The van der Waals surface area contributed by atoms with Crippen LogP contribution in [0, 0.1) is 11.2 Å². The smallest absolute Gasteiger partial charge is 0.124 e. The molecule has 0 amide bonds. The SMILES string of the molecule is CC(C)(CCN)Cc1ccc(F)cc1Br. The Kier molecular flexibility index (Phi) is 4.29. The largest absolute Gasteiger partial charge is 0.330 e. The lowest BCUT2D eigenvalue weighted by Crippen LogP contribution is -2.20. The fourth-order valence-corrected chi connectivity index (χ4v) is 2.15. The first-order valence-electron chi connectivity index (χ1n) is 5.08. The van der Waals surface area contributed by atoms with Crippen molar-refractivity contribution < 1.29 is 4.39 Å². The lowest BCUT2D eigenvalue weighted by molar-refractivity contribution is 0.338. The maximum Gasteiger partial charge on any atom is 0.124 e. The highest BCUT2D eigenvalue weighted by atomic mass is 79.9. The van der Waals surface area contributed by atoms with Gasteiger partial charge in [0.1, 0.15) is 5.82 Å². The van der Waals surface area contributed by atoms with Crippen molar-refractivity contribution in [1.29, 1.82) is 0 Å². The topological polar surface area (TPSA) is 26.0 Å². The highest BCUT2D eigenvalue weighted by molar-refractivity contribution is 9.10. The summed E-state index contributed by atoms with van der Waals surface area (Å²) >= 11 is 3.38. The van der Waals surface area contributed by atoms with E-state index in [1.54, 1.807) is 0 Å². The van der Waals surface area contributed by atoms with Crippen LogP contribution < -0.4 is 5.73 Å². The van der Waals surface area contributed by atoms with Crippen molar-refractivity contribution in [2.45, 2.75) is 26.7 Å². The molecule has 0 saturated heterocycles. The molecule has 1 aromatic rings. The van der Waals surface area contributed by atoms with E-state index in [9.17, 15) is 4.39 Å². The Hall–Kier alpha value is -0.410. The molecule has 15 heavy (non-hydrogen) atoms. The van der Waals surface area contributed by atoms with E-state index in [2.05, 4.69) is 29.8 Å². The first-order chi connectivity index (χ1) is 6.94. The molecule has 0 aliphatic carbocycles. The molecule has 0 aliphatic rings. The number of rotatable bonds is 4. The molecule has 3 heteroatoms. The summed E-state index contributed by atoms with van der Waals surface area (Å²) in [7, 11) is 0. The normalized spacial score (nSPS) is 11.8. The van der Waals surface area contributed by atoms with Crippen molar-refractivity contribution in [3.63, 3.8) is 0 Å². The predicted molar refractivity (Wildman–Crippen MR) is 65.3 cm³/mol. The van der Waals surface area contributed by atoms with E-state index >= 15 is 0 Å². The maximum atomic E-state index is 12.9. The number of halogens is 2. The van der Waals surface area contributed by atoms with Gasteiger partial charge in [-0.15, -0.1) is 0 Å². The Balaban J connectivity index is 2.80. The van der Waals surface area contributed by atoms with Crippen molar-refractivity contribution in [3.05, 3.63) is 34.1 Å². The molecule has 0 aromatic heterocycles. The van der Waals surface area contributed by atoms with Gasteiger partial charge < -0.3 is 5.73 Å². The molecule has 0 aliphatic heterocycles. The van der Waals surface area contributed by atoms with Crippen LogP contribution in [0.15, 0.2) is 22.7 Å². The zero-order valence-electron chi connectivity index (χ0n) is 9.19. The van der Waals surface area contributed by atoms with Crippen LogP contribution in [0.1, 0.15) is 25.8 Å². The third kappa shape index (κ3) is 3.92. The Morgan fingerprint density at radius 2 is 2.07 bits per heavy atom. The van der Waals surface area contributed by atoms with Gasteiger partial charge in [-0.25, -0.2) is 4.39 Å². The van der Waals surface area contributed by atoms with E-state index in [1.165, 1.54) is 12.1 Å². The van der Waals surface area contributed by atoms with Crippen LogP contribution in [0.4, 0.5) is 4.39 Å². The van der Waals surface area contributed by atoms with Crippen molar-refractivity contribution in [2.75, 3.05) is 6.54 Å². The quantitative estimate of drug-likeness (QED) is 0.893. The van der Waals surface area contributed by atoms with Crippen LogP contribution in [-0.2, 0) is 6.42 Å². The third-order valence-corrected chi connectivity index (χ3v) is 3.24. The van der Waals surface area contributed by atoms with Gasteiger partial charge in [-0.1, -0.05) is 35.8 Å². The minimum absolute atomic E-state index is 0.162. The van der Waals surface area contributed by atoms with Gasteiger partial charge in [-0.3, -0.25) is 0 Å². The summed E-state index contributed by atoms with van der Waals surface area (Å²) in [6.07, 6.45) is 1.88. The second kappa shape index (κ2) is 5.08. The zero-order chi connectivity index (χ0) is 11.5. The highest BCUT2D eigenvalue weighted by Gasteiger charge is 2.18. The Morgan fingerprint density at radius 3 is 2.60 bits per heavy atom. The Morgan fingerprint density at radius 1 is 1.40 bits per heavy atom. The van der Waals surface area contributed by atoms with E-state index in [1.807, 2.05) is 6.07 Å². The first kappa shape index (κ1) is 12.7. The van der Waals surface area contributed by atoms with Crippen molar-refractivity contribution >= 4 is 15.9 Å². The van der Waals surface area contributed by atoms with Crippen molar-refractivity contribution in [3.8, 4) is 0 Å². The number of hydrogen-bond donors (Lipinski definition) is 1. The fraction of sp³-hybridized carbons (Fsp3) is 0.500. The fourth-order valence-electron chi connectivity index (χ4n) is 1.66. The van der Waals surface area contributed by atoms with Crippen molar-refractivity contribution in [1.82, 2.24) is 0 Å². The highest BCUT2D eigenvalue weighted by Crippen LogP contribution is 2.29. The average molecular weight is 274 g/mol. The molecule has 0 fully saturated rings. The van der Waals surface area contributed by atoms with Gasteiger partial charge in [0.05, 0.1) is 0 Å². The molecule has 1 nitrogen and oxygen atoms in total. The standard InChI is InChI=1S/C12H17BrFN/c1-12(2,5-6-15)8-9-3-4-10(14)7-11(9)13/h3-4,7H,5-6,8,15H2,1-2H3. The van der Waals surface area contributed by atoms with Crippen LogP contribution in [0.5, 0.6) is 0 Å². The van der Waals surface area contributed by atoms with Gasteiger partial charge >= 0.3 is 0 Å². The van der Waals surface area contributed by atoms with Crippen LogP contribution in [0.25, 0.3) is 0 Å². The van der Waals surface area contributed by atoms with E-state index in [4.69, 9.17) is 5.73 Å². The lowest BCUT2D eigenvalue weighted by atomic mass is 9.83. The van der Waals surface area contributed by atoms with Gasteiger partial charge in [-0.2, -0.15) is 0 Å². The third-order valence-electron chi connectivity index (χ3n) is 2.51. The Labute approximate surface area is 99.0 Å². The van der Waals surface area contributed by atoms with E-state index in [0.717, 1.165) is 22.9 Å². The summed E-state index contributed by atoms with van der Waals surface area (Å²) in [5, 5.41) is 0. The van der Waals surface area contributed by atoms with Crippen LogP contribution in [-0.4, -0.2) is 6.54 Å². The van der Waals surface area contributed by atoms with Gasteiger partial charge in [0.2, 0.25) is 0 Å². The summed E-state index contributed by atoms with van der Waals surface area (Å²) in [6.45, 7) is 5.04. The van der Waals surface area contributed by atoms with Crippen LogP contribution >= 0.6 is 15.9 Å². The molecule has 0 saturated carbocycles. The number of benzene rings is 1. The van der Waals surface area contributed by atoms with Crippen LogP contribution in [0.2, 0.25) is 0 Å². The number of hydrogen-bond acceptors (Lipinski definition) is 1. The van der Waals surface area contributed by atoms with Crippen LogP contribution in [0.3, 0.4) is 0 Å². The number of nitrogens with two attached hydrogens (primary N) is 1. The summed E-state index contributed by atoms with van der Waals surface area (Å²) in [5.41, 5.74) is 6.85. The molecule has 0 unspecified atom stereocenters. The molecular formula is C12H17BrFN. The van der Waals surface area contributed by atoms with Gasteiger partial charge in [0, 0.05) is 4.47 Å². The molecule has 0 radical (unpaired) electrons. The monoisotopic (exact) mass is 273 g/mol. The Bertz CT molecular complexity index is 336. The second-order valence-electron chi connectivity index (χ2n) is 4.62. The minimum atomic E-state index is -0.206. The predicted octanol–water partition coefficient (Wildman–Crippen LogP) is 3.51. The lowest BCUT2D eigenvalue weighted by Gasteiger charge is -2.24. The second-order valence-corrected chi connectivity index (χ2v) is 5.47. The molecule has 0 bridgehead atoms. The zero-order valence-corrected chi connectivity index (χ0v) is 10.8. The molecule has 0 spiro atoms. The summed E-state index contributed by atoms with van der Waals surface area (Å²) in [4.78, 5) is 0. The molecular weight excluding hydrogens is 257 g/mol. The summed E-state index contributed by atoms with van der Waals surface area (Å²) in [6, 6.07) is 4.84. The van der Waals surface area contributed by atoms with Gasteiger partial charge in [-0.05, 0) is 42.5 Å². The first-order valence-corrected chi connectivity index (χ1v) is 5.88. The van der Waals surface area contributed by atoms with E-state index < -0.39 is 0 Å². The molecule has 84 valence electrons. The van der Waals surface area contributed by atoms with E-state index in [0.29, 0.717) is 6.54 Å². The summed E-state index contributed by atoms with van der Waals surface area (Å²) in [5.74, 6) is -0.206. The maximum absolute atomic E-state index is 12.9. The minimum Gasteiger partial charge on any atom is -0.330 e. The van der Waals surface area contributed by atoms with E-state index in [-0.39, 0.29) is 11.2 Å². The molecule has 1 aromatic carbocycles. The van der Waals surface area contributed by atoms with Crippen molar-refractivity contribution in [2.24, 2.45) is 11.1 Å².